The fourth-order valence-corrected chi connectivity index (χ4v) is 6.35. The van der Waals surface area contributed by atoms with E-state index in [0.29, 0.717) is 5.56 Å². The van der Waals surface area contributed by atoms with Crippen LogP contribution in [-0.4, -0.2) is 13.1 Å². The normalized spacial score (nSPS) is 11.5. The lowest BCUT2D eigenvalue weighted by atomic mass is 9.76. The maximum Gasteiger partial charge on any atom is 0.338 e. The summed E-state index contributed by atoms with van der Waals surface area (Å²) in [5.41, 5.74) is 14.5. The van der Waals surface area contributed by atoms with E-state index in [9.17, 15) is 4.79 Å². The van der Waals surface area contributed by atoms with Crippen LogP contribution < -0.4 is 0 Å². The molecule has 1 aliphatic rings. The number of rotatable bonds is 5. The Balaban J connectivity index is 1.75. The highest BCUT2D eigenvalue weighted by Crippen LogP contribution is 2.56. The summed E-state index contributed by atoms with van der Waals surface area (Å²) in [6.07, 6.45) is 0.783. The van der Waals surface area contributed by atoms with Crippen LogP contribution in [0.1, 0.15) is 21.5 Å². The number of esters is 1. The zero-order chi connectivity index (χ0) is 27.8. The maximum atomic E-state index is 13.2. The van der Waals surface area contributed by atoms with Crippen LogP contribution in [-0.2, 0) is 11.2 Å². The molecule has 0 bridgehead atoms. The van der Waals surface area contributed by atoms with Crippen LogP contribution in [0, 0.1) is 0 Å². The number of methoxy groups -OCH3 is 1. The van der Waals surface area contributed by atoms with Crippen molar-refractivity contribution >= 4 is 5.97 Å². The van der Waals surface area contributed by atoms with E-state index in [1.165, 1.54) is 40.5 Å². The van der Waals surface area contributed by atoms with Gasteiger partial charge < -0.3 is 4.74 Å². The molecule has 1 aliphatic carbocycles. The SMILES string of the molecule is COC(=O)c1ccccc1-c1c2c(c(-c3ccccc3)c(-c3ccccc3)c1-c1ccccc1)-c1ccccc1C2. The lowest BCUT2D eigenvalue weighted by molar-refractivity contribution is 0.0601. The van der Waals surface area contributed by atoms with Gasteiger partial charge in [-0.2, -0.15) is 0 Å². The molecule has 0 saturated carbocycles. The van der Waals surface area contributed by atoms with E-state index in [0.717, 1.165) is 39.8 Å². The summed E-state index contributed by atoms with van der Waals surface area (Å²) >= 11 is 0. The van der Waals surface area contributed by atoms with Gasteiger partial charge in [0, 0.05) is 0 Å². The van der Waals surface area contributed by atoms with Gasteiger partial charge in [0.25, 0.3) is 0 Å². The van der Waals surface area contributed by atoms with Crippen molar-refractivity contribution in [3.8, 4) is 55.6 Å². The summed E-state index contributed by atoms with van der Waals surface area (Å²) in [7, 11) is 1.45. The topological polar surface area (TPSA) is 26.3 Å². The molecule has 0 spiro atoms. The molecule has 41 heavy (non-hydrogen) atoms. The minimum Gasteiger partial charge on any atom is -0.465 e. The van der Waals surface area contributed by atoms with E-state index >= 15 is 0 Å². The van der Waals surface area contributed by atoms with Crippen molar-refractivity contribution in [2.24, 2.45) is 0 Å². The molecule has 0 saturated heterocycles. The second-order valence-electron chi connectivity index (χ2n) is 10.3. The Labute approximate surface area is 240 Å². The van der Waals surface area contributed by atoms with E-state index < -0.39 is 0 Å². The molecule has 0 N–H and O–H groups in total. The van der Waals surface area contributed by atoms with Crippen LogP contribution in [0.25, 0.3) is 55.6 Å². The predicted molar refractivity (Wildman–Crippen MR) is 168 cm³/mol. The molecule has 0 radical (unpaired) electrons. The van der Waals surface area contributed by atoms with E-state index in [1.54, 1.807) is 0 Å². The van der Waals surface area contributed by atoms with Crippen LogP contribution in [0.2, 0.25) is 0 Å². The number of hydrogen-bond acceptors (Lipinski definition) is 2. The average Bonchev–Trinajstić information content (AvgIpc) is 3.43. The molecule has 0 unspecified atom stereocenters. The van der Waals surface area contributed by atoms with Crippen molar-refractivity contribution < 1.29 is 9.53 Å². The Bertz CT molecular complexity index is 1890. The maximum absolute atomic E-state index is 13.2. The first kappa shape index (κ1) is 24.8. The van der Waals surface area contributed by atoms with Crippen LogP contribution in [0.3, 0.4) is 0 Å². The van der Waals surface area contributed by atoms with Gasteiger partial charge in [0.1, 0.15) is 0 Å². The zero-order valence-corrected chi connectivity index (χ0v) is 22.8. The number of ether oxygens (including phenoxy) is 1. The summed E-state index contributed by atoms with van der Waals surface area (Å²) in [5, 5.41) is 0. The summed E-state index contributed by atoms with van der Waals surface area (Å²) in [4.78, 5) is 13.2. The minimum atomic E-state index is -0.336. The second-order valence-corrected chi connectivity index (χ2v) is 10.3. The van der Waals surface area contributed by atoms with Crippen LogP contribution in [0.15, 0.2) is 140 Å². The van der Waals surface area contributed by atoms with Gasteiger partial charge in [-0.3, -0.25) is 0 Å². The molecular formula is C39H28O2. The molecule has 0 aromatic heterocycles. The highest BCUT2D eigenvalue weighted by molar-refractivity contribution is 6.12. The quantitative estimate of drug-likeness (QED) is 0.208. The molecule has 196 valence electrons. The molecule has 6 aromatic carbocycles. The lowest BCUT2D eigenvalue weighted by Gasteiger charge is -2.26. The first-order valence-electron chi connectivity index (χ1n) is 13.9. The van der Waals surface area contributed by atoms with Gasteiger partial charge in [-0.25, -0.2) is 4.79 Å². The van der Waals surface area contributed by atoms with E-state index in [-0.39, 0.29) is 5.97 Å². The number of fused-ring (bicyclic) bond motifs is 3. The summed E-state index contributed by atoms with van der Waals surface area (Å²) in [5.74, 6) is -0.336. The van der Waals surface area contributed by atoms with Crippen LogP contribution in [0.4, 0.5) is 0 Å². The van der Waals surface area contributed by atoms with E-state index in [2.05, 4.69) is 121 Å². The molecule has 2 nitrogen and oxygen atoms in total. The fourth-order valence-electron chi connectivity index (χ4n) is 6.35. The van der Waals surface area contributed by atoms with Crippen molar-refractivity contribution in [3.05, 3.63) is 156 Å². The van der Waals surface area contributed by atoms with E-state index in [4.69, 9.17) is 4.74 Å². The molecule has 0 aliphatic heterocycles. The minimum absolute atomic E-state index is 0.336. The highest BCUT2D eigenvalue weighted by Gasteiger charge is 2.33. The monoisotopic (exact) mass is 528 g/mol. The third-order valence-electron chi connectivity index (χ3n) is 8.05. The highest BCUT2D eigenvalue weighted by atomic mass is 16.5. The summed E-state index contributed by atoms with van der Waals surface area (Å²) in [6.45, 7) is 0. The molecule has 6 aromatic rings. The zero-order valence-electron chi connectivity index (χ0n) is 22.8. The molecule has 0 atom stereocenters. The van der Waals surface area contributed by atoms with Gasteiger partial charge in [0.2, 0.25) is 0 Å². The molecule has 2 heteroatoms. The lowest BCUT2D eigenvalue weighted by Crippen LogP contribution is -2.06. The third-order valence-corrected chi connectivity index (χ3v) is 8.05. The van der Waals surface area contributed by atoms with Crippen molar-refractivity contribution in [1.29, 1.82) is 0 Å². The van der Waals surface area contributed by atoms with Crippen LogP contribution >= 0.6 is 0 Å². The molecular weight excluding hydrogens is 500 g/mol. The predicted octanol–water partition coefficient (Wildman–Crippen LogP) is 9.71. The van der Waals surface area contributed by atoms with Gasteiger partial charge in [0.05, 0.1) is 12.7 Å². The first-order chi connectivity index (χ1) is 20.3. The largest absolute Gasteiger partial charge is 0.465 e. The van der Waals surface area contributed by atoms with Crippen molar-refractivity contribution in [1.82, 2.24) is 0 Å². The smallest absolute Gasteiger partial charge is 0.338 e. The standard InChI is InChI=1S/C39H28O2/c1-41-39(40)32-24-14-13-23-31(32)38-33-25-29-21-11-12-22-30(29)37(33)35(27-17-7-3-8-18-27)34(26-15-5-2-6-16-26)36(38)28-19-9-4-10-20-28/h2-24H,25H2,1H3. The van der Waals surface area contributed by atoms with E-state index in [1.807, 2.05) is 18.2 Å². The number of carbonyl (C=O) groups excluding carboxylic acids is 1. The van der Waals surface area contributed by atoms with Gasteiger partial charge >= 0.3 is 5.97 Å². The summed E-state index contributed by atoms with van der Waals surface area (Å²) in [6, 6.07) is 48.5. The summed E-state index contributed by atoms with van der Waals surface area (Å²) < 4.78 is 5.29. The van der Waals surface area contributed by atoms with Crippen molar-refractivity contribution in [2.45, 2.75) is 6.42 Å². The first-order valence-corrected chi connectivity index (χ1v) is 13.9. The molecule has 0 fully saturated rings. The Morgan fingerprint density at radius 3 is 1.44 bits per heavy atom. The van der Waals surface area contributed by atoms with Crippen LogP contribution in [0.5, 0.6) is 0 Å². The van der Waals surface area contributed by atoms with Gasteiger partial charge in [0.15, 0.2) is 0 Å². The van der Waals surface area contributed by atoms with Gasteiger partial charge in [-0.1, -0.05) is 133 Å². The Kier molecular flexibility index (Phi) is 6.29. The molecule has 0 amide bonds. The van der Waals surface area contributed by atoms with Gasteiger partial charge in [-0.15, -0.1) is 0 Å². The van der Waals surface area contributed by atoms with Gasteiger partial charge in [-0.05, 0) is 79.2 Å². The third kappa shape index (κ3) is 4.16. The molecule has 7 rings (SSSR count). The average molecular weight is 529 g/mol. The number of benzene rings is 6. The second kappa shape index (κ2) is 10.4. The van der Waals surface area contributed by atoms with Crippen molar-refractivity contribution in [3.63, 3.8) is 0 Å². The molecule has 0 heterocycles. The number of carbonyl (C=O) groups is 1. The Morgan fingerprint density at radius 2 is 0.902 bits per heavy atom. The Morgan fingerprint density at radius 1 is 0.488 bits per heavy atom. The Hall–Kier alpha value is -5.21. The fraction of sp³-hybridized carbons (Fsp3) is 0.0513. The number of hydrogen-bond donors (Lipinski definition) is 0. The van der Waals surface area contributed by atoms with Crippen molar-refractivity contribution in [2.75, 3.05) is 7.11 Å².